The molecule has 0 unspecified atom stereocenters. The number of H-pyrrole nitrogens is 1. The minimum absolute atomic E-state index is 0.000270. The molecular formula is C49H72N14O16S. The minimum atomic E-state index is -1.66. The quantitative estimate of drug-likeness (QED) is 0.0136. The van der Waals surface area contributed by atoms with Crippen LogP contribution in [0.3, 0.4) is 0 Å². The number of carboxylic acids is 4. The van der Waals surface area contributed by atoms with Crippen molar-refractivity contribution in [1.29, 1.82) is 0 Å². The van der Waals surface area contributed by atoms with Crippen LogP contribution >= 0.6 is 12.6 Å². The molecule has 3 rings (SSSR count). The van der Waals surface area contributed by atoms with Crippen LogP contribution in [-0.2, 0) is 70.4 Å². The highest BCUT2D eigenvalue weighted by Gasteiger charge is 2.41. The summed E-state index contributed by atoms with van der Waals surface area (Å²) in [6.07, 6.45) is -0.521. The fourth-order valence-corrected chi connectivity index (χ4v) is 8.49. The van der Waals surface area contributed by atoms with Gasteiger partial charge in [0.05, 0.1) is 12.4 Å². The van der Waals surface area contributed by atoms with E-state index in [0.29, 0.717) is 11.3 Å². The van der Waals surface area contributed by atoms with Crippen LogP contribution in [0.1, 0.15) is 89.3 Å². The highest BCUT2D eigenvalue weighted by Crippen LogP contribution is 2.22. The Hall–Kier alpha value is -8.35. The zero-order valence-corrected chi connectivity index (χ0v) is 45.0. The van der Waals surface area contributed by atoms with Crippen molar-refractivity contribution in [3.05, 3.63) is 54.1 Å². The van der Waals surface area contributed by atoms with Crippen molar-refractivity contribution in [2.24, 2.45) is 28.1 Å². The topological polar surface area (TPSA) is 492 Å². The Balaban J connectivity index is 1.81. The summed E-state index contributed by atoms with van der Waals surface area (Å²) in [5.41, 5.74) is 18.0. The second kappa shape index (κ2) is 33.2. The van der Waals surface area contributed by atoms with Gasteiger partial charge < -0.3 is 84.7 Å². The van der Waals surface area contributed by atoms with Crippen LogP contribution in [-0.4, -0.2) is 186 Å². The smallest absolute Gasteiger partial charge is 0.326 e. The van der Waals surface area contributed by atoms with Gasteiger partial charge in [-0.15, -0.1) is 0 Å². The van der Waals surface area contributed by atoms with E-state index in [4.69, 9.17) is 17.2 Å². The number of aliphatic imine (C=N–C) groups is 1. The van der Waals surface area contributed by atoms with Gasteiger partial charge in [-0.25, -0.2) is 9.78 Å². The van der Waals surface area contributed by atoms with E-state index in [2.05, 4.69) is 64.8 Å². The number of guanidine groups is 1. The second-order valence-electron chi connectivity index (χ2n) is 19.1. The Labute approximate surface area is 464 Å². The molecule has 80 heavy (non-hydrogen) atoms. The number of nitrogens with zero attached hydrogens (tertiary/aromatic N) is 3. The van der Waals surface area contributed by atoms with Crippen molar-refractivity contribution < 1.29 is 78.0 Å². The van der Waals surface area contributed by atoms with Crippen LogP contribution in [0.25, 0.3) is 0 Å². The Bertz CT molecular complexity index is 2520. The molecule has 1 fully saturated rings. The van der Waals surface area contributed by atoms with Crippen LogP contribution in [0.15, 0.2) is 47.8 Å². The van der Waals surface area contributed by atoms with E-state index in [0.717, 1.165) is 4.90 Å². The average Bonchev–Trinajstić information content (AvgIpc) is 4.12. The number of nitrogens with one attached hydrogen (secondary N) is 8. The molecule has 31 heteroatoms. The third kappa shape index (κ3) is 22.6. The summed E-state index contributed by atoms with van der Waals surface area (Å²) in [6.45, 7) is 3.11. The van der Waals surface area contributed by atoms with E-state index in [1.807, 2.05) is 0 Å². The zero-order valence-electron chi connectivity index (χ0n) is 44.1. The van der Waals surface area contributed by atoms with Gasteiger partial charge in [0.1, 0.15) is 48.3 Å². The van der Waals surface area contributed by atoms with Crippen molar-refractivity contribution in [2.75, 3.05) is 18.8 Å². The van der Waals surface area contributed by atoms with E-state index in [1.54, 1.807) is 44.2 Å². The SMILES string of the molecule is CC(C)[C@H](NC(=O)[C@H](CCC(=O)O)NC(=O)[C@@H](N)Cc1cnc[nH]1)C(=O)N1CCC[C@H]1C(=O)N[C@@H](CCC(=O)O)C(=O)N[C@@H](CS)C(=O)N[C@@H](CCCN=C(N)N)C(=O)N[C@@H](CCC(=O)O)C(=O)N[C@@H](Cc1ccccc1)C(=O)O. The number of likely N-dealkylation sites (tertiary alicyclic amines) is 1. The number of aromatic amines is 1. The Morgan fingerprint density at radius 2 is 1.16 bits per heavy atom. The van der Waals surface area contributed by atoms with E-state index in [9.17, 15) is 78.0 Å². The van der Waals surface area contributed by atoms with Crippen LogP contribution in [0.2, 0.25) is 0 Å². The number of amides is 8. The third-order valence-electron chi connectivity index (χ3n) is 12.5. The molecule has 30 nitrogen and oxygen atoms in total. The molecule has 0 saturated carbocycles. The summed E-state index contributed by atoms with van der Waals surface area (Å²) in [6, 6.07) is -4.93. The summed E-state index contributed by atoms with van der Waals surface area (Å²) in [7, 11) is 0. The number of aliphatic carboxylic acids is 4. The number of rotatable bonds is 35. The lowest BCUT2D eigenvalue weighted by molar-refractivity contribution is -0.144. The summed E-state index contributed by atoms with van der Waals surface area (Å²) in [5, 5.41) is 55.4. The lowest BCUT2D eigenvalue weighted by atomic mass is 10.0. The van der Waals surface area contributed by atoms with Gasteiger partial charge in [-0.1, -0.05) is 44.2 Å². The fraction of sp³-hybridized carbons (Fsp3) is 0.551. The van der Waals surface area contributed by atoms with E-state index in [1.165, 1.54) is 12.5 Å². The largest absolute Gasteiger partial charge is 0.481 e. The van der Waals surface area contributed by atoms with Crippen LogP contribution in [0.5, 0.6) is 0 Å². The molecule has 1 aromatic heterocycles. The summed E-state index contributed by atoms with van der Waals surface area (Å²) >= 11 is 4.20. The Morgan fingerprint density at radius 1 is 0.675 bits per heavy atom. The maximum absolute atomic E-state index is 14.3. The molecule has 8 amide bonds. The molecule has 1 aliphatic heterocycles. The highest BCUT2D eigenvalue weighted by molar-refractivity contribution is 7.80. The molecule has 2 aromatic rings. The van der Waals surface area contributed by atoms with E-state index >= 15 is 0 Å². The van der Waals surface area contributed by atoms with Gasteiger partial charge in [-0.05, 0) is 56.4 Å². The highest BCUT2D eigenvalue weighted by atomic mass is 32.1. The fourth-order valence-electron chi connectivity index (χ4n) is 8.24. The second-order valence-corrected chi connectivity index (χ2v) is 19.5. The first kappa shape index (κ1) is 65.9. The lowest BCUT2D eigenvalue weighted by Gasteiger charge is -2.32. The predicted molar refractivity (Wildman–Crippen MR) is 286 cm³/mol. The van der Waals surface area contributed by atoms with Crippen LogP contribution in [0, 0.1) is 5.92 Å². The molecule has 440 valence electrons. The van der Waals surface area contributed by atoms with Gasteiger partial charge in [0.25, 0.3) is 0 Å². The number of carbonyl (C=O) groups excluding carboxylic acids is 8. The Kier molecular flexibility index (Phi) is 27.3. The molecule has 0 bridgehead atoms. The van der Waals surface area contributed by atoms with Gasteiger partial charge in [0, 0.05) is 62.8 Å². The monoisotopic (exact) mass is 1140 g/mol. The third-order valence-corrected chi connectivity index (χ3v) is 12.9. The molecule has 0 radical (unpaired) electrons. The number of benzene rings is 1. The number of aromatic nitrogens is 2. The molecule has 1 saturated heterocycles. The van der Waals surface area contributed by atoms with Gasteiger partial charge in [-0.3, -0.25) is 57.7 Å². The summed E-state index contributed by atoms with van der Waals surface area (Å²) < 4.78 is 0. The van der Waals surface area contributed by atoms with Crippen molar-refractivity contribution in [2.45, 2.75) is 145 Å². The molecule has 0 spiro atoms. The number of hydrogen-bond donors (Lipinski definition) is 16. The first-order valence-electron chi connectivity index (χ1n) is 25.6. The molecule has 1 aromatic carbocycles. The summed E-state index contributed by atoms with van der Waals surface area (Å²) in [5.74, 6) is -14.4. The van der Waals surface area contributed by atoms with E-state index in [-0.39, 0.29) is 64.0 Å². The van der Waals surface area contributed by atoms with Gasteiger partial charge in [-0.2, -0.15) is 12.6 Å². The van der Waals surface area contributed by atoms with Crippen LogP contribution in [0.4, 0.5) is 0 Å². The molecule has 18 N–H and O–H groups in total. The molecule has 2 heterocycles. The van der Waals surface area contributed by atoms with Gasteiger partial charge in [0.15, 0.2) is 5.96 Å². The molecule has 0 aliphatic carbocycles. The Morgan fingerprint density at radius 3 is 1.65 bits per heavy atom. The number of carboxylic acid groups (broad SMARTS) is 4. The van der Waals surface area contributed by atoms with Gasteiger partial charge >= 0.3 is 23.9 Å². The van der Waals surface area contributed by atoms with E-state index < -0.39 is 169 Å². The molecular weight excluding hydrogens is 1070 g/mol. The normalized spacial score (nSPS) is 15.9. The molecule has 9 atom stereocenters. The number of thiol groups is 1. The van der Waals surface area contributed by atoms with Gasteiger partial charge in [0.2, 0.25) is 47.3 Å². The zero-order chi connectivity index (χ0) is 59.6. The average molecular weight is 1150 g/mol. The first-order valence-corrected chi connectivity index (χ1v) is 26.2. The number of carbonyl (C=O) groups is 12. The lowest BCUT2D eigenvalue weighted by Crippen LogP contribution is -2.61. The predicted octanol–water partition coefficient (Wildman–Crippen LogP) is -3.77. The van der Waals surface area contributed by atoms with Crippen molar-refractivity contribution in [1.82, 2.24) is 52.1 Å². The van der Waals surface area contributed by atoms with Crippen molar-refractivity contribution >= 4 is 89.7 Å². The standard InChI is InChI=1S/C49H72N14O16S/c1-25(2)39(62-44(74)32(14-17-38(68)69)56-40(70)28(50)21-27-22-53-24-55-27)47(77)63-19-7-11-35(63)46(76)59-31(13-16-37(66)67)43(73)61-34(23-80)45(75)57-29(10-6-18-54-49(51)52)41(71)58-30(12-15-36(64)65)42(72)60-33(48(78)79)20-26-8-4-3-5-9-26/h3-5,8-9,22,24-25,28-35,39,80H,6-7,10-21,23,50H2,1-2H3,(H,53,55)(H,56,70)(H,57,75)(H,58,71)(H,59,76)(H,60,72)(H,61,73)(H,62,74)(H,64,65)(H,66,67)(H,68,69)(H,78,79)(H4,51,52,54)/t28-,29-,30-,31-,32-,33-,34-,35-,39-/m0/s1. The van der Waals surface area contributed by atoms with Crippen LogP contribution < -0.4 is 54.4 Å². The maximum atomic E-state index is 14.3. The number of hydrogen-bond acceptors (Lipinski definition) is 16. The number of imidazole rings is 1. The maximum Gasteiger partial charge on any atom is 0.326 e. The summed E-state index contributed by atoms with van der Waals surface area (Å²) in [4.78, 5) is 169. The molecule has 1 aliphatic rings. The van der Waals surface area contributed by atoms with Crippen molar-refractivity contribution in [3.8, 4) is 0 Å². The first-order chi connectivity index (χ1) is 37.8. The van der Waals surface area contributed by atoms with Crippen molar-refractivity contribution in [3.63, 3.8) is 0 Å². The minimum Gasteiger partial charge on any atom is -0.481 e. The number of nitrogens with two attached hydrogens (primary N) is 3.